The number of nitrogens with one attached hydrogen (secondary N) is 1. The lowest BCUT2D eigenvalue weighted by molar-refractivity contribution is 0.0715. The molecule has 1 heterocycles. The zero-order chi connectivity index (χ0) is 18.6. The second kappa shape index (κ2) is 7.58. The van der Waals surface area contributed by atoms with Crippen LogP contribution in [0.25, 0.3) is 0 Å². The minimum absolute atomic E-state index is 0.0225. The molecular weight excluding hydrogens is 336 g/mol. The monoisotopic (exact) mass is 358 g/mol. The summed E-state index contributed by atoms with van der Waals surface area (Å²) in [5.41, 5.74) is 4.07. The highest BCUT2D eigenvalue weighted by Gasteiger charge is 2.27. The zero-order valence-electron chi connectivity index (χ0n) is 15.3. The SMILES string of the molecule is CN(C(=O)c1cccc(Nc2ncccn2)c1)C1CCCc2ccccc21. The fourth-order valence-electron chi connectivity index (χ4n) is 3.70. The van der Waals surface area contributed by atoms with Crippen molar-refractivity contribution in [1.82, 2.24) is 14.9 Å². The Hall–Kier alpha value is -3.21. The fraction of sp³-hybridized carbons (Fsp3) is 0.227. The van der Waals surface area contributed by atoms with Crippen molar-refractivity contribution in [2.75, 3.05) is 12.4 Å². The summed E-state index contributed by atoms with van der Waals surface area (Å²) in [6.45, 7) is 0. The first-order chi connectivity index (χ1) is 13.2. The summed E-state index contributed by atoms with van der Waals surface area (Å²) in [6, 6.07) is 17.8. The van der Waals surface area contributed by atoms with Crippen LogP contribution in [0.15, 0.2) is 67.0 Å². The van der Waals surface area contributed by atoms with E-state index in [1.807, 2.05) is 36.2 Å². The summed E-state index contributed by atoms with van der Waals surface area (Å²) in [4.78, 5) is 23.3. The largest absolute Gasteiger partial charge is 0.335 e. The van der Waals surface area contributed by atoms with Gasteiger partial charge in [-0.1, -0.05) is 30.3 Å². The first-order valence-corrected chi connectivity index (χ1v) is 9.21. The number of hydrogen-bond donors (Lipinski definition) is 1. The molecule has 136 valence electrons. The Morgan fingerprint density at radius 1 is 1.07 bits per heavy atom. The first-order valence-electron chi connectivity index (χ1n) is 9.21. The predicted molar refractivity (Wildman–Crippen MR) is 106 cm³/mol. The molecule has 1 aliphatic carbocycles. The lowest BCUT2D eigenvalue weighted by atomic mass is 9.87. The van der Waals surface area contributed by atoms with Gasteiger partial charge in [-0.3, -0.25) is 4.79 Å². The number of nitrogens with zero attached hydrogens (tertiary/aromatic N) is 3. The van der Waals surface area contributed by atoms with Crippen molar-refractivity contribution in [3.8, 4) is 0 Å². The van der Waals surface area contributed by atoms with Crippen LogP contribution in [-0.4, -0.2) is 27.8 Å². The van der Waals surface area contributed by atoms with E-state index in [2.05, 4.69) is 39.6 Å². The minimum atomic E-state index is 0.0225. The maximum atomic E-state index is 13.1. The third kappa shape index (κ3) is 3.67. The Morgan fingerprint density at radius 3 is 2.74 bits per heavy atom. The molecule has 0 aliphatic heterocycles. The van der Waals surface area contributed by atoms with Crippen LogP contribution in [0.4, 0.5) is 11.6 Å². The van der Waals surface area contributed by atoms with Gasteiger partial charge in [0.05, 0.1) is 6.04 Å². The van der Waals surface area contributed by atoms with Crippen molar-refractivity contribution in [1.29, 1.82) is 0 Å². The van der Waals surface area contributed by atoms with Gasteiger partial charge in [-0.05, 0) is 54.7 Å². The van der Waals surface area contributed by atoms with E-state index in [9.17, 15) is 4.79 Å². The summed E-state index contributed by atoms with van der Waals surface area (Å²) in [5, 5.41) is 3.14. The zero-order valence-corrected chi connectivity index (χ0v) is 15.3. The molecule has 0 saturated carbocycles. The van der Waals surface area contributed by atoms with Gasteiger partial charge in [-0.2, -0.15) is 0 Å². The smallest absolute Gasteiger partial charge is 0.254 e. The molecule has 0 spiro atoms. The van der Waals surface area contributed by atoms with E-state index in [-0.39, 0.29) is 11.9 Å². The highest BCUT2D eigenvalue weighted by Crippen LogP contribution is 2.34. The van der Waals surface area contributed by atoms with E-state index in [0.717, 1.165) is 24.9 Å². The molecule has 3 aromatic rings. The summed E-state index contributed by atoms with van der Waals surface area (Å²) in [5.74, 6) is 0.533. The number of rotatable bonds is 4. The molecule has 4 rings (SSSR count). The van der Waals surface area contributed by atoms with Gasteiger partial charge >= 0.3 is 0 Å². The van der Waals surface area contributed by atoms with Gasteiger partial charge in [-0.15, -0.1) is 0 Å². The molecule has 5 heteroatoms. The van der Waals surface area contributed by atoms with E-state index in [1.165, 1.54) is 11.1 Å². The van der Waals surface area contributed by atoms with E-state index in [4.69, 9.17) is 0 Å². The minimum Gasteiger partial charge on any atom is -0.335 e. The molecule has 5 nitrogen and oxygen atoms in total. The lowest BCUT2D eigenvalue weighted by Gasteiger charge is -2.33. The van der Waals surface area contributed by atoms with Crippen LogP contribution >= 0.6 is 0 Å². The van der Waals surface area contributed by atoms with Crippen molar-refractivity contribution in [2.24, 2.45) is 0 Å². The molecule has 0 radical (unpaired) electrons. The molecule has 2 aromatic carbocycles. The number of amides is 1. The third-order valence-corrected chi connectivity index (χ3v) is 5.06. The molecule has 1 amide bonds. The summed E-state index contributed by atoms with van der Waals surface area (Å²) in [6.07, 6.45) is 6.55. The number of anilines is 2. The maximum Gasteiger partial charge on any atom is 0.254 e. The van der Waals surface area contributed by atoms with E-state index < -0.39 is 0 Å². The van der Waals surface area contributed by atoms with Gasteiger partial charge in [0.2, 0.25) is 5.95 Å². The van der Waals surface area contributed by atoms with Crippen LogP contribution in [-0.2, 0) is 6.42 Å². The predicted octanol–water partition coefficient (Wildman–Crippen LogP) is 4.37. The number of carbonyl (C=O) groups excluding carboxylic acids is 1. The van der Waals surface area contributed by atoms with E-state index in [1.54, 1.807) is 18.5 Å². The topological polar surface area (TPSA) is 58.1 Å². The molecule has 0 fully saturated rings. The van der Waals surface area contributed by atoms with Gasteiger partial charge in [0.1, 0.15) is 0 Å². The maximum absolute atomic E-state index is 13.1. The van der Waals surface area contributed by atoms with Crippen LogP contribution in [0.5, 0.6) is 0 Å². The second-order valence-corrected chi connectivity index (χ2v) is 6.80. The average molecular weight is 358 g/mol. The number of fused-ring (bicyclic) bond motifs is 1. The number of hydrogen-bond acceptors (Lipinski definition) is 4. The van der Waals surface area contributed by atoms with Gasteiger partial charge in [0, 0.05) is 30.7 Å². The quantitative estimate of drug-likeness (QED) is 0.752. The molecule has 0 bridgehead atoms. The van der Waals surface area contributed by atoms with Gasteiger partial charge in [-0.25, -0.2) is 9.97 Å². The van der Waals surface area contributed by atoms with Crippen molar-refractivity contribution >= 4 is 17.5 Å². The van der Waals surface area contributed by atoms with Crippen LogP contribution < -0.4 is 5.32 Å². The number of carbonyl (C=O) groups is 1. The Morgan fingerprint density at radius 2 is 1.89 bits per heavy atom. The molecular formula is C22H22N4O. The second-order valence-electron chi connectivity index (χ2n) is 6.80. The van der Waals surface area contributed by atoms with E-state index >= 15 is 0 Å². The van der Waals surface area contributed by atoms with Crippen molar-refractivity contribution in [2.45, 2.75) is 25.3 Å². The highest BCUT2D eigenvalue weighted by molar-refractivity contribution is 5.95. The number of aryl methyl sites for hydroxylation is 1. The van der Waals surface area contributed by atoms with Crippen LogP contribution in [0.1, 0.15) is 40.4 Å². The van der Waals surface area contributed by atoms with Crippen molar-refractivity contribution in [3.63, 3.8) is 0 Å². The summed E-state index contributed by atoms with van der Waals surface area (Å²) < 4.78 is 0. The molecule has 27 heavy (non-hydrogen) atoms. The third-order valence-electron chi connectivity index (χ3n) is 5.06. The molecule has 0 saturated heterocycles. The van der Waals surface area contributed by atoms with Crippen LogP contribution in [0, 0.1) is 0 Å². The normalized spacial score (nSPS) is 15.7. The lowest BCUT2D eigenvalue weighted by Crippen LogP contribution is -2.33. The molecule has 1 aliphatic rings. The van der Waals surface area contributed by atoms with Gasteiger partial charge < -0.3 is 10.2 Å². The molecule has 1 aromatic heterocycles. The average Bonchev–Trinajstić information content (AvgIpc) is 2.73. The Bertz CT molecular complexity index is 942. The molecule has 1 N–H and O–H groups in total. The first kappa shape index (κ1) is 17.2. The standard InChI is InChI=1S/C22H22N4O/c1-26(20-12-5-8-16-7-2-3-11-19(16)20)21(27)17-9-4-10-18(15-17)25-22-23-13-6-14-24-22/h2-4,6-7,9-11,13-15,20H,5,8,12H2,1H3,(H,23,24,25). The van der Waals surface area contributed by atoms with Crippen LogP contribution in [0.3, 0.4) is 0 Å². The summed E-state index contributed by atoms with van der Waals surface area (Å²) >= 11 is 0. The van der Waals surface area contributed by atoms with E-state index in [0.29, 0.717) is 11.5 Å². The summed E-state index contributed by atoms with van der Waals surface area (Å²) in [7, 11) is 1.90. The number of benzene rings is 2. The number of aromatic nitrogens is 2. The van der Waals surface area contributed by atoms with Crippen LogP contribution in [0.2, 0.25) is 0 Å². The highest BCUT2D eigenvalue weighted by atomic mass is 16.2. The Labute approximate surface area is 159 Å². The van der Waals surface area contributed by atoms with Crippen molar-refractivity contribution in [3.05, 3.63) is 83.7 Å². The molecule has 1 atom stereocenters. The van der Waals surface area contributed by atoms with Gasteiger partial charge in [0.25, 0.3) is 5.91 Å². The molecule has 1 unspecified atom stereocenters. The Kier molecular flexibility index (Phi) is 4.83. The fourth-order valence-corrected chi connectivity index (χ4v) is 3.70. The Balaban J connectivity index is 1.55. The van der Waals surface area contributed by atoms with Crippen molar-refractivity contribution < 1.29 is 4.79 Å². The van der Waals surface area contributed by atoms with Gasteiger partial charge in [0.15, 0.2) is 0 Å².